The Kier molecular flexibility index (Phi) is 4.66. The van der Waals surface area contributed by atoms with Crippen LogP contribution in [0.5, 0.6) is 5.75 Å². The molecular formula is C16H10F3N3O2S. The number of pyridine rings is 1. The van der Waals surface area contributed by atoms with Crippen molar-refractivity contribution in [2.75, 3.05) is 5.32 Å². The van der Waals surface area contributed by atoms with Gasteiger partial charge >= 0.3 is 12.1 Å². The van der Waals surface area contributed by atoms with Gasteiger partial charge in [0.25, 0.3) is 0 Å². The van der Waals surface area contributed by atoms with Gasteiger partial charge in [0.2, 0.25) is 0 Å². The summed E-state index contributed by atoms with van der Waals surface area (Å²) in [5.74, 6) is -2.48. The molecule has 0 spiro atoms. The van der Waals surface area contributed by atoms with E-state index in [2.05, 4.69) is 20.0 Å². The number of benzene rings is 1. The number of carbonyl (C=O) groups excluding carboxylic acids is 1. The van der Waals surface area contributed by atoms with Crippen molar-refractivity contribution < 1.29 is 22.7 Å². The lowest BCUT2D eigenvalue weighted by atomic mass is 10.3. The predicted molar refractivity (Wildman–Crippen MR) is 86.8 cm³/mol. The van der Waals surface area contributed by atoms with E-state index in [0.717, 1.165) is 0 Å². The summed E-state index contributed by atoms with van der Waals surface area (Å²) in [6.07, 6.45) is -3.39. The monoisotopic (exact) mass is 365 g/mol. The fraction of sp³-hybridized carbons (Fsp3) is 0.0625. The Hall–Kier alpha value is -2.94. The van der Waals surface area contributed by atoms with E-state index in [-0.39, 0.29) is 5.75 Å². The molecule has 0 radical (unpaired) electrons. The summed E-state index contributed by atoms with van der Waals surface area (Å²) in [6.45, 7) is 0. The maximum Gasteiger partial charge on any atom is 0.491 e. The van der Waals surface area contributed by atoms with Gasteiger partial charge < -0.3 is 10.1 Å². The summed E-state index contributed by atoms with van der Waals surface area (Å²) >= 11 is 1.31. The van der Waals surface area contributed by atoms with Crippen molar-refractivity contribution in [3.05, 3.63) is 54.0 Å². The minimum atomic E-state index is -5.05. The molecule has 128 valence electrons. The first-order valence-corrected chi connectivity index (χ1v) is 7.83. The molecule has 1 aromatic carbocycles. The largest absolute Gasteiger partial charge is 0.491 e. The van der Waals surface area contributed by atoms with Crippen molar-refractivity contribution in [2.45, 2.75) is 6.18 Å². The number of aromatic nitrogens is 2. The Bertz CT molecular complexity index is 882. The summed E-state index contributed by atoms with van der Waals surface area (Å²) in [6, 6.07) is 11.1. The van der Waals surface area contributed by atoms with Gasteiger partial charge in [-0.2, -0.15) is 13.2 Å². The summed E-state index contributed by atoms with van der Waals surface area (Å²) in [4.78, 5) is 19.4. The van der Waals surface area contributed by atoms with Crippen molar-refractivity contribution in [2.24, 2.45) is 0 Å². The second-order valence-corrected chi connectivity index (χ2v) is 5.65. The van der Waals surface area contributed by atoms with Crippen molar-refractivity contribution in [3.8, 4) is 17.1 Å². The zero-order chi connectivity index (χ0) is 17.9. The van der Waals surface area contributed by atoms with Gasteiger partial charge in [-0.1, -0.05) is 12.1 Å². The normalized spacial score (nSPS) is 11.2. The number of nitrogens with zero attached hydrogens (tertiary/aromatic N) is 2. The van der Waals surface area contributed by atoms with Gasteiger partial charge in [-0.15, -0.1) is 11.3 Å². The third-order valence-electron chi connectivity index (χ3n) is 2.96. The number of alkyl halides is 3. The fourth-order valence-electron chi connectivity index (χ4n) is 1.89. The van der Waals surface area contributed by atoms with Crippen LogP contribution in [0.15, 0.2) is 54.0 Å². The molecule has 2 heterocycles. The lowest BCUT2D eigenvalue weighted by Crippen LogP contribution is -2.27. The highest BCUT2D eigenvalue weighted by Gasteiger charge is 2.41. The number of hydrogen-bond donors (Lipinski definition) is 1. The summed E-state index contributed by atoms with van der Waals surface area (Å²) < 4.78 is 41.0. The van der Waals surface area contributed by atoms with Gasteiger partial charge in [0.1, 0.15) is 11.4 Å². The van der Waals surface area contributed by atoms with Crippen molar-refractivity contribution in [1.29, 1.82) is 0 Å². The number of hydrogen-bond acceptors (Lipinski definition) is 6. The number of anilines is 2. The highest BCUT2D eigenvalue weighted by atomic mass is 32.1. The van der Waals surface area contributed by atoms with Gasteiger partial charge in [-0.25, -0.2) is 9.78 Å². The fourth-order valence-corrected chi connectivity index (χ4v) is 2.61. The highest BCUT2D eigenvalue weighted by molar-refractivity contribution is 7.14. The molecule has 3 aromatic rings. The zero-order valence-corrected chi connectivity index (χ0v) is 13.3. The molecule has 25 heavy (non-hydrogen) atoms. The van der Waals surface area contributed by atoms with E-state index in [0.29, 0.717) is 22.2 Å². The molecule has 1 N–H and O–H groups in total. The minimum absolute atomic E-state index is 0.214. The molecule has 0 aliphatic carbocycles. The van der Waals surface area contributed by atoms with Crippen molar-refractivity contribution in [3.63, 3.8) is 0 Å². The quantitative estimate of drug-likeness (QED) is 0.548. The van der Waals surface area contributed by atoms with E-state index in [1.165, 1.54) is 29.5 Å². The molecule has 0 bridgehead atoms. The number of thiazole rings is 1. The lowest BCUT2D eigenvalue weighted by molar-refractivity contribution is -0.189. The van der Waals surface area contributed by atoms with Crippen LogP contribution < -0.4 is 10.1 Å². The van der Waals surface area contributed by atoms with Crippen LogP contribution in [-0.2, 0) is 4.79 Å². The van der Waals surface area contributed by atoms with Gasteiger partial charge in [0.05, 0.1) is 5.69 Å². The standard InChI is InChI=1S/C16H10F3N3O2S/c17-16(18,19)14(23)24-11-5-3-4-10(8-11)21-15-22-13(9-25-15)12-6-1-2-7-20-12/h1-9H,(H,21,22). The van der Waals surface area contributed by atoms with Crippen LogP contribution >= 0.6 is 11.3 Å². The molecule has 0 atom stereocenters. The van der Waals surface area contributed by atoms with E-state index in [4.69, 9.17) is 0 Å². The van der Waals surface area contributed by atoms with Gasteiger partial charge in [-0.05, 0) is 24.3 Å². The van der Waals surface area contributed by atoms with Gasteiger partial charge in [0, 0.05) is 23.3 Å². The molecule has 9 heteroatoms. The number of halogens is 3. The molecule has 2 aromatic heterocycles. The average molecular weight is 365 g/mol. The first-order valence-electron chi connectivity index (χ1n) is 6.95. The Morgan fingerprint density at radius 3 is 2.68 bits per heavy atom. The number of rotatable bonds is 4. The highest BCUT2D eigenvalue weighted by Crippen LogP contribution is 2.28. The second kappa shape index (κ2) is 6.89. The molecule has 3 rings (SSSR count). The second-order valence-electron chi connectivity index (χ2n) is 4.79. The van der Waals surface area contributed by atoms with E-state index in [1.54, 1.807) is 23.7 Å². The Balaban J connectivity index is 1.73. The Morgan fingerprint density at radius 1 is 1.12 bits per heavy atom. The maximum absolute atomic E-state index is 12.2. The predicted octanol–water partition coefficient (Wildman–Crippen LogP) is 4.42. The molecule has 0 aliphatic rings. The third-order valence-corrected chi connectivity index (χ3v) is 3.72. The van der Waals surface area contributed by atoms with Crippen LogP contribution in [0.25, 0.3) is 11.4 Å². The first-order chi connectivity index (χ1) is 11.9. The molecule has 0 unspecified atom stereocenters. The zero-order valence-electron chi connectivity index (χ0n) is 12.4. The van der Waals surface area contributed by atoms with E-state index < -0.39 is 12.1 Å². The van der Waals surface area contributed by atoms with Crippen LogP contribution in [0.3, 0.4) is 0 Å². The average Bonchev–Trinajstić information content (AvgIpc) is 3.03. The molecule has 0 saturated heterocycles. The maximum atomic E-state index is 12.2. The Morgan fingerprint density at radius 2 is 1.96 bits per heavy atom. The topological polar surface area (TPSA) is 64.1 Å². The Labute approximate surface area is 144 Å². The SMILES string of the molecule is O=C(Oc1cccc(Nc2nc(-c3ccccn3)cs2)c1)C(F)(F)F. The van der Waals surface area contributed by atoms with Gasteiger partial charge in [-0.3, -0.25) is 4.98 Å². The first kappa shape index (κ1) is 16.9. The molecule has 5 nitrogen and oxygen atoms in total. The minimum Gasteiger partial charge on any atom is -0.420 e. The molecule has 0 fully saturated rings. The smallest absolute Gasteiger partial charge is 0.420 e. The summed E-state index contributed by atoms with van der Waals surface area (Å²) in [5.41, 5.74) is 1.82. The van der Waals surface area contributed by atoms with Crippen LogP contribution in [-0.4, -0.2) is 22.1 Å². The lowest BCUT2D eigenvalue weighted by Gasteiger charge is -2.08. The van der Waals surface area contributed by atoms with E-state index in [1.807, 2.05) is 12.1 Å². The van der Waals surface area contributed by atoms with Crippen LogP contribution in [0.2, 0.25) is 0 Å². The van der Waals surface area contributed by atoms with Crippen LogP contribution in [0.4, 0.5) is 24.0 Å². The molecule has 0 amide bonds. The van der Waals surface area contributed by atoms with Crippen LogP contribution in [0, 0.1) is 0 Å². The van der Waals surface area contributed by atoms with E-state index in [9.17, 15) is 18.0 Å². The van der Waals surface area contributed by atoms with E-state index >= 15 is 0 Å². The number of esters is 1. The third kappa shape index (κ3) is 4.32. The van der Waals surface area contributed by atoms with Crippen molar-refractivity contribution in [1.82, 2.24) is 9.97 Å². The molecule has 0 saturated carbocycles. The molecular weight excluding hydrogens is 355 g/mol. The summed E-state index contributed by atoms with van der Waals surface area (Å²) in [7, 11) is 0. The number of ether oxygens (including phenoxy) is 1. The van der Waals surface area contributed by atoms with Crippen LogP contribution in [0.1, 0.15) is 0 Å². The molecule has 0 aliphatic heterocycles. The summed E-state index contributed by atoms with van der Waals surface area (Å²) in [5, 5.41) is 5.29. The van der Waals surface area contributed by atoms with Crippen molar-refractivity contribution >= 4 is 28.1 Å². The van der Waals surface area contributed by atoms with Gasteiger partial charge in [0.15, 0.2) is 5.13 Å². The number of nitrogens with one attached hydrogen (secondary N) is 1. The number of carbonyl (C=O) groups is 1.